The molecule has 0 saturated carbocycles. The highest BCUT2D eigenvalue weighted by Gasteiger charge is 2.37. The van der Waals surface area contributed by atoms with Gasteiger partial charge in [0.15, 0.2) is 0 Å². The number of hydrogen-bond acceptors (Lipinski definition) is 5. The lowest BCUT2D eigenvalue weighted by Crippen LogP contribution is -2.55. The number of carbonyl (C=O) groups excluding carboxylic acids is 3. The highest BCUT2D eigenvalue weighted by Crippen LogP contribution is 2.19. The van der Waals surface area contributed by atoms with Gasteiger partial charge in [-0.05, 0) is 51.3 Å². The quantitative estimate of drug-likeness (QED) is 0.419. The molecule has 0 aromatic heterocycles. The van der Waals surface area contributed by atoms with Gasteiger partial charge < -0.3 is 14.4 Å². The second-order valence-corrected chi connectivity index (χ2v) is 9.64. The number of hydrogen-bond donors (Lipinski definition) is 0. The molecule has 2 aromatic rings. The number of aryl methyl sites for hydroxylation is 1. The maximum absolute atomic E-state index is 13.9. The van der Waals surface area contributed by atoms with E-state index in [4.69, 9.17) is 9.47 Å². The van der Waals surface area contributed by atoms with Gasteiger partial charge in [-0.25, -0.2) is 9.59 Å². The Hall–Kier alpha value is -3.35. The van der Waals surface area contributed by atoms with Crippen LogP contribution in [0, 0.1) is 6.92 Å². The van der Waals surface area contributed by atoms with Gasteiger partial charge in [0.2, 0.25) is 5.91 Å². The molecule has 0 heterocycles. The van der Waals surface area contributed by atoms with Gasteiger partial charge in [-0.3, -0.25) is 9.69 Å². The Bertz CT molecular complexity index is 1000. The molecule has 204 valence electrons. The van der Waals surface area contributed by atoms with Crippen molar-refractivity contribution in [2.45, 2.75) is 79.0 Å². The molecule has 0 aliphatic rings. The van der Waals surface area contributed by atoms with E-state index in [1.807, 2.05) is 75.4 Å². The van der Waals surface area contributed by atoms with Crippen LogP contribution in [0.2, 0.25) is 0 Å². The van der Waals surface area contributed by atoms with Gasteiger partial charge in [-0.1, -0.05) is 68.4 Å². The molecule has 37 heavy (non-hydrogen) atoms. The van der Waals surface area contributed by atoms with Crippen LogP contribution in [-0.2, 0) is 31.9 Å². The maximum Gasteiger partial charge on any atom is 0.410 e. The normalized spacial score (nSPS) is 12.4. The molecule has 2 rings (SSSR count). The lowest BCUT2D eigenvalue weighted by Gasteiger charge is -2.35. The first-order valence-corrected chi connectivity index (χ1v) is 12.9. The van der Waals surface area contributed by atoms with E-state index in [0.717, 1.165) is 16.7 Å². The van der Waals surface area contributed by atoms with Crippen LogP contribution in [0.25, 0.3) is 0 Å². The Balaban J connectivity index is 0.00000334. The van der Waals surface area contributed by atoms with Crippen molar-refractivity contribution in [3.05, 3.63) is 71.3 Å². The summed E-state index contributed by atoms with van der Waals surface area (Å²) in [5.41, 5.74) is 2.15. The van der Waals surface area contributed by atoms with Gasteiger partial charge >= 0.3 is 12.1 Å². The molecule has 1 unspecified atom stereocenters. The molecule has 0 radical (unpaired) electrons. The van der Waals surface area contributed by atoms with Crippen molar-refractivity contribution in [1.29, 1.82) is 0 Å². The molecule has 7 heteroatoms. The minimum Gasteiger partial charge on any atom is -0.464 e. The molecule has 0 fully saturated rings. The van der Waals surface area contributed by atoms with Gasteiger partial charge in [-0.15, -0.1) is 0 Å². The number of likely N-dealkylation sites (N-methyl/N-ethyl adjacent to an activating group) is 2. The van der Waals surface area contributed by atoms with Crippen LogP contribution in [0.15, 0.2) is 54.6 Å². The number of nitrogens with zero attached hydrogens (tertiary/aromatic N) is 2. The largest absolute Gasteiger partial charge is 0.464 e. The van der Waals surface area contributed by atoms with Crippen LogP contribution >= 0.6 is 0 Å². The monoisotopic (exact) mass is 512 g/mol. The highest BCUT2D eigenvalue weighted by molar-refractivity contribution is 5.90. The zero-order chi connectivity index (χ0) is 28.2. The van der Waals surface area contributed by atoms with Gasteiger partial charge in [0, 0.05) is 26.9 Å². The van der Waals surface area contributed by atoms with Crippen molar-refractivity contribution in [3.8, 4) is 0 Å². The molecule has 0 aliphatic carbocycles. The molecule has 0 aliphatic heterocycles. The third kappa shape index (κ3) is 9.90. The molecule has 2 amide bonds. The van der Waals surface area contributed by atoms with Crippen LogP contribution < -0.4 is 0 Å². The number of ether oxygens (including phenoxy) is 2. The van der Waals surface area contributed by atoms with Gasteiger partial charge in [0.25, 0.3) is 0 Å². The maximum atomic E-state index is 13.9. The zero-order valence-corrected chi connectivity index (χ0v) is 23.9. The summed E-state index contributed by atoms with van der Waals surface area (Å²) in [5.74, 6) is -0.848. The molecular formula is C30H44N2O5. The fourth-order valence-corrected chi connectivity index (χ4v) is 3.74. The minimum atomic E-state index is -0.869. The van der Waals surface area contributed by atoms with E-state index in [1.54, 1.807) is 41.8 Å². The third-order valence-corrected chi connectivity index (χ3v) is 5.75. The number of carbonyl (C=O) groups is 3. The summed E-state index contributed by atoms with van der Waals surface area (Å²) in [6, 6.07) is 15.5. The Kier molecular flexibility index (Phi) is 12.9. The fraction of sp³-hybridized carbons (Fsp3) is 0.500. The first kappa shape index (κ1) is 31.7. The smallest absolute Gasteiger partial charge is 0.410 e. The Morgan fingerprint density at radius 1 is 0.838 bits per heavy atom. The molecule has 0 saturated heterocycles. The van der Waals surface area contributed by atoms with E-state index in [2.05, 4.69) is 0 Å². The Morgan fingerprint density at radius 3 is 1.95 bits per heavy atom. The van der Waals surface area contributed by atoms with Crippen LogP contribution in [0.1, 0.15) is 58.2 Å². The summed E-state index contributed by atoms with van der Waals surface area (Å²) in [7, 11) is 3.14. The first-order valence-electron chi connectivity index (χ1n) is 12.9. The van der Waals surface area contributed by atoms with Gasteiger partial charge in [-0.2, -0.15) is 0 Å². The van der Waals surface area contributed by atoms with E-state index in [1.165, 1.54) is 9.80 Å². The summed E-state index contributed by atoms with van der Waals surface area (Å²) < 4.78 is 10.9. The van der Waals surface area contributed by atoms with E-state index in [9.17, 15) is 14.4 Å². The van der Waals surface area contributed by atoms with Crippen LogP contribution in [0.3, 0.4) is 0 Å². The summed E-state index contributed by atoms with van der Waals surface area (Å²) >= 11 is 0. The highest BCUT2D eigenvalue weighted by atomic mass is 16.6. The average Bonchev–Trinajstić information content (AvgIpc) is 2.86. The molecule has 0 bridgehead atoms. The van der Waals surface area contributed by atoms with Crippen LogP contribution in [0.5, 0.6) is 0 Å². The first-order chi connectivity index (χ1) is 17.4. The minimum absolute atomic E-state index is 0.205. The average molecular weight is 513 g/mol. The van der Waals surface area contributed by atoms with Crippen molar-refractivity contribution in [1.82, 2.24) is 9.80 Å². The van der Waals surface area contributed by atoms with Crippen LogP contribution in [0.4, 0.5) is 4.79 Å². The molecular weight excluding hydrogens is 468 g/mol. The summed E-state index contributed by atoms with van der Waals surface area (Å²) in [6.45, 7) is 13.2. The standard InChI is InChI=1S/C28H38N2O5.C2H6/c1-8-34-26(32)24(19-22-17-13-12-14-20(22)2)29(6)25(31)23(18-21-15-10-9-11-16-21)30(7)27(33)35-28(3,4)5;1-2/h9-17,23-24H,8,18-19H2,1-7H3;1-2H3/t23-,24?;/m0./s1. The van der Waals surface area contributed by atoms with E-state index in [-0.39, 0.29) is 18.9 Å². The van der Waals surface area contributed by atoms with Crippen LogP contribution in [-0.4, -0.2) is 66.2 Å². The Morgan fingerprint density at radius 2 is 1.41 bits per heavy atom. The van der Waals surface area contributed by atoms with Crippen molar-refractivity contribution in [3.63, 3.8) is 0 Å². The lowest BCUT2D eigenvalue weighted by molar-refractivity contribution is -0.155. The SMILES string of the molecule is CC.CCOC(=O)C(Cc1ccccc1C)N(C)C(=O)[C@H](Cc1ccccc1)N(C)C(=O)OC(C)(C)C. The predicted octanol–water partition coefficient (Wildman–Crippen LogP) is 5.43. The third-order valence-electron chi connectivity index (χ3n) is 5.75. The van der Waals surface area contributed by atoms with Gasteiger partial charge in [0.05, 0.1) is 6.61 Å². The molecule has 0 N–H and O–H groups in total. The lowest BCUT2D eigenvalue weighted by atomic mass is 9.98. The fourth-order valence-electron chi connectivity index (χ4n) is 3.74. The number of rotatable bonds is 9. The summed E-state index contributed by atoms with van der Waals surface area (Å²) in [5, 5.41) is 0. The second-order valence-electron chi connectivity index (χ2n) is 9.64. The zero-order valence-electron chi connectivity index (χ0n) is 23.9. The molecule has 2 atom stereocenters. The Labute approximate surface area is 222 Å². The van der Waals surface area contributed by atoms with E-state index < -0.39 is 29.7 Å². The molecule has 7 nitrogen and oxygen atoms in total. The summed E-state index contributed by atoms with van der Waals surface area (Å²) in [6.07, 6.45) is -0.0199. The summed E-state index contributed by atoms with van der Waals surface area (Å²) in [4.78, 5) is 42.4. The number of amides is 2. The van der Waals surface area contributed by atoms with Crippen molar-refractivity contribution < 1.29 is 23.9 Å². The van der Waals surface area contributed by atoms with E-state index >= 15 is 0 Å². The molecule has 0 spiro atoms. The second kappa shape index (κ2) is 15.0. The van der Waals surface area contributed by atoms with E-state index in [0.29, 0.717) is 6.42 Å². The number of esters is 1. The topological polar surface area (TPSA) is 76.2 Å². The number of benzene rings is 2. The molecule has 2 aromatic carbocycles. The van der Waals surface area contributed by atoms with Crippen molar-refractivity contribution >= 4 is 18.0 Å². The van der Waals surface area contributed by atoms with Crippen molar-refractivity contribution in [2.75, 3.05) is 20.7 Å². The van der Waals surface area contributed by atoms with Gasteiger partial charge in [0.1, 0.15) is 17.7 Å². The van der Waals surface area contributed by atoms with Crippen molar-refractivity contribution in [2.24, 2.45) is 0 Å². The predicted molar refractivity (Wildman–Crippen MR) is 147 cm³/mol.